The number of hydrogen-bond donors (Lipinski definition) is 1. The van der Waals surface area contributed by atoms with Crippen LogP contribution >= 0.6 is 0 Å². The number of carbonyl (C=O) groups excluding carboxylic acids is 4. The van der Waals surface area contributed by atoms with E-state index in [1.54, 1.807) is 26.0 Å². The molecule has 3 amide bonds. The minimum absolute atomic E-state index is 0.159. The Morgan fingerprint density at radius 3 is 2.42 bits per heavy atom. The molecule has 1 aromatic rings. The van der Waals surface area contributed by atoms with Gasteiger partial charge in [-0.15, -0.1) is 0 Å². The topological polar surface area (TPSA) is 123 Å². The van der Waals surface area contributed by atoms with Gasteiger partial charge in [-0.2, -0.15) is 0 Å². The van der Waals surface area contributed by atoms with Crippen molar-refractivity contribution in [2.24, 2.45) is 5.92 Å². The van der Waals surface area contributed by atoms with E-state index in [1.807, 2.05) is 0 Å². The highest BCUT2D eigenvalue weighted by Gasteiger charge is 2.59. The van der Waals surface area contributed by atoms with E-state index in [-0.39, 0.29) is 30.3 Å². The largest absolute Gasteiger partial charge is 0.458 e. The van der Waals surface area contributed by atoms with E-state index in [0.29, 0.717) is 13.0 Å². The first-order chi connectivity index (χ1) is 15.7. The fourth-order valence-electron chi connectivity index (χ4n) is 4.45. The van der Waals surface area contributed by atoms with Crippen LogP contribution in [0.25, 0.3) is 0 Å². The molecule has 0 bridgehead atoms. The van der Waals surface area contributed by atoms with Gasteiger partial charge in [0.15, 0.2) is 5.79 Å². The number of aliphatic hydroxyl groups excluding tert-OH is 1. The molecule has 10 heteroatoms. The lowest BCUT2D eigenvalue weighted by molar-refractivity contribution is -0.200. The summed E-state index contributed by atoms with van der Waals surface area (Å²) in [4.78, 5) is 53.1. The van der Waals surface area contributed by atoms with Crippen molar-refractivity contribution in [2.75, 3.05) is 13.2 Å². The van der Waals surface area contributed by atoms with Gasteiger partial charge in [0, 0.05) is 0 Å². The predicted octanol–water partition coefficient (Wildman–Crippen LogP) is 1.05. The zero-order valence-corrected chi connectivity index (χ0v) is 18.4. The lowest BCUT2D eigenvalue weighted by Crippen LogP contribution is -2.72. The number of nitrogens with zero attached hydrogens (tertiary/aromatic N) is 2. The number of fused-ring (bicyclic) bond motifs is 1. The Hall–Kier alpha value is -3.08. The highest BCUT2D eigenvalue weighted by atomic mass is 16.7. The third-order valence-electron chi connectivity index (χ3n) is 5.99. The molecule has 3 heterocycles. The molecule has 0 aromatic heterocycles. The standard InChI is InChI=1S/C23H26N2O8/c1-4-11-31-22(30)21(29)25-17(24-18(26)14-7-5-6-8-15(14)19(24)27)16(20(25)28)10-9-13-12-32-23(2,3)33-13/h4-8,13,16-17,21,29H,1,9-12H2,2-3H3/t13-,16-,17-,21+/m0/s1. The van der Waals surface area contributed by atoms with E-state index < -0.39 is 47.8 Å². The highest BCUT2D eigenvalue weighted by Crippen LogP contribution is 2.40. The van der Waals surface area contributed by atoms with Crippen LogP contribution in [0.1, 0.15) is 47.4 Å². The number of imide groups is 1. The van der Waals surface area contributed by atoms with Gasteiger partial charge in [0.25, 0.3) is 11.8 Å². The molecule has 3 aliphatic rings. The van der Waals surface area contributed by atoms with E-state index >= 15 is 0 Å². The fourth-order valence-corrected chi connectivity index (χ4v) is 4.45. The van der Waals surface area contributed by atoms with Crippen molar-refractivity contribution in [1.82, 2.24) is 9.80 Å². The van der Waals surface area contributed by atoms with Crippen molar-refractivity contribution in [3.63, 3.8) is 0 Å². The first kappa shape index (κ1) is 23.1. The maximum Gasteiger partial charge on any atom is 0.356 e. The van der Waals surface area contributed by atoms with E-state index in [4.69, 9.17) is 14.2 Å². The maximum atomic E-state index is 13.1. The van der Waals surface area contributed by atoms with Crippen LogP contribution in [0.2, 0.25) is 0 Å². The van der Waals surface area contributed by atoms with Crippen LogP contribution in [0.15, 0.2) is 36.9 Å². The molecular weight excluding hydrogens is 432 g/mol. The second-order valence-corrected chi connectivity index (χ2v) is 8.61. The summed E-state index contributed by atoms with van der Waals surface area (Å²) < 4.78 is 16.2. The first-order valence-corrected chi connectivity index (χ1v) is 10.7. The molecule has 0 saturated carbocycles. The van der Waals surface area contributed by atoms with Crippen molar-refractivity contribution in [1.29, 1.82) is 0 Å². The molecule has 1 N–H and O–H groups in total. The normalized spacial score (nSPS) is 26.8. The molecule has 4 atom stereocenters. The molecule has 0 unspecified atom stereocenters. The van der Waals surface area contributed by atoms with Gasteiger partial charge >= 0.3 is 5.97 Å². The van der Waals surface area contributed by atoms with Crippen molar-refractivity contribution < 1.29 is 38.5 Å². The number of carbonyl (C=O) groups is 4. The number of amides is 3. The molecule has 0 aliphatic carbocycles. The Kier molecular flexibility index (Phi) is 6.08. The number of likely N-dealkylation sites (tertiary alicyclic amines) is 1. The molecule has 0 spiro atoms. The molecule has 176 valence electrons. The summed E-state index contributed by atoms with van der Waals surface area (Å²) >= 11 is 0. The van der Waals surface area contributed by atoms with Gasteiger partial charge in [0.05, 0.1) is 29.8 Å². The van der Waals surface area contributed by atoms with Gasteiger partial charge in [0.1, 0.15) is 12.8 Å². The number of hydrogen-bond acceptors (Lipinski definition) is 8. The molecule has 33 heavy (non-hydrogen) atoms. The molecule has 10 nitrogen and oxygen atoms in total. The first-order valence-electron chi connectivity index (χ1n) is 10.7. The molecule has 2 saturated heterocycles. The van der Waals surface area contributed by atoms with Gasteiger partial charge in [-0.05, 0) is 38.8 Å². The van der Waals surface area contributed by atoms with Crippen molar-refractivity contribution in [3.05, 3.63) is 48.0 Å². The van der Waals surface area contributed by atoms with E-state index in [9.17, 15) is 24.3 Å². The SMILES string of the molecule is C=CCOC(=O)[C@@H](O)N1C(=O)[C@@H](CC[C@H]2COC(C)(C)O2)[C@H]1N1C(=O)c2ccccc2C1=O. The van der Waals surface area contributed by atoms with Crippen molar-refractivity contribution in [2.45, 2.75) is 51.0 Å². The summed E-state index contributed by atoms with van der Waals surface area (Å²) in [6.07, 6.45) is -1.33. The third-order valence-corrected chi connectivity index (χ3v) is 5.99. The second kappa shape index (κ2) is 8.69. The zero-order valence-electron chi connectivity index (χ0n) is 18.4. The molecule has 2 fully saturated rings. The van der Waals surface area contributed by atoms with Crippen LogP contribution in [-0.2, 0) is 23.8 Å². The molecule has 1 aromatic carbocycles. The van der Waals surface area contributed by atoms with E-state index in [1.165, 1.54) is 18.2 Å². The lowest BCUT2D eigenvalue weighted by Gasteiger charge is -2.51. The predicted molar refractivity (Wildman–Crippen MR) is 112 cm³/mol. The Balaban J connectivity index is 1.57. The van der Waals surface area contributed by atoms with E-state index in [0.717, 1.165) is 9.80 Å². The number of aliphatic hydroxyl groups is 1. The quantitative estimate of drug-likeness (QED) is 0.265. The summed E-state index contributed by atoms with van der Waals surface area (Å²) in [7, 11) is 0. The molecule has 3 aliphatic heterocycles. The van der Waals surface area contributed by atoms with Gasteiger partial charge in [0.2, 0.25) is 12.1 Å². The third kappa shape index (κ3) is 4.05. The van der Waals surface area contributed by atoms with Crippen molar-refractivity contribution in [3.8, 4) is 0 Å². The number of β-lactam (4-membered cyclic amide) rings is 1. The van der Waals surface area contributed by atoms with Gasteiger partial charge in [-0.3, -0.25) is 24.2 Å². The fraction of sp³-hybridized carbons (Fsp3) is 0.478. The average molecular weight is 458 g/mol. The average Bonchev–Trinajstić information content (AvgIpc) is 3.26. The van der Waals surface area contributed by atoms with Crippen LogP contribution in [0.5, 0.6) is 0 Å². The van der Waals surface area contributed by atoms with Crippen LogP contribution in [-0.4, -0.2) is 76.1 Å². The van der Waals surface area contributed by atoms with Crippen LogP contribution in [0, 0.1) is 5.92 Å². The number of esters is 1. The minimum Gasteiger partial charge on any atom is -0.458 e. The number of benzene rings is 1. The molecule has 0 radical (unpaired) electrons. The zero-order chi connectivity index (χ0) is 23.9. The smallest absolute Gasteiger partial charge is 0.356 e. The summed E-state index contributed by atoms with van der Waals surface area (Å²) in [5, 5.41) is 10.5. The Morgan fingerprint density at radius 1 is 1.24 bits per heavy atom. The molecule has 4 rings (SSSR count). The van der Waals surface area contributed by atoms with Gasteiger partial charge in [-0.1, -0.05) is 24.8 Å². The molecular formula is C23H26N2O8. The van der Waals surface area contributed by atoms with Gasteiger partial charge < -0.3 is 19.3 Å². The van der Waals surface area contributed by atoms with Crippen LogP contribution < -0.4 is 0 Å². The van der Waals surface area contributed by atoms with Gasteiger partial charge in [-0.25, -0.2) is 4.79 Å². The summed E-state index contributed by atoms with van der Waals surface area (Å²) in [6, 6.07) is 6.32. The summed E-state index contributed by atoms with van der Waals surface area (Å²) in [5.74, 6) is -4.34. The van der Waals surface area contributed by atoms with Crippen LogP contribution in [0.3, 0.4) is 0 Å². The lowest BCUT2D eigenvalue weighted by atomic mass is 9.86. The highest BCUT2D eigenvalue weighted by molar-refractivity contribution is 6.22. The summed E-state index contributed by atoms with van der Waals surface area (Å²) in [6.45, 7) is 7.20. The van der Waals surface area contributed by atoms with Crippen LogP contribution in [0.4, 0.5) is 0 Å². The Labute approximate surface area is 190 Å². The number of rotatable bonds is 8. The maximum absolute atomic E-state index is 13.1. The Morgan fingerprint density at radius 2 is 1.88 bits per heavy atom. The monoisotopic (exact) mass is 458 g/mol. The minimum atomic E-state index is -1.96. The summed E-state index contributed by atoms with van der Waals surface area (Å²) in [5.41, 5.74) is 0.414. The van der Waals surface area contributed by atoms with Crippen molar-refractivity contribution >= 4 is 23.7 Å². The second-order valence-electron chi connectivity index (χ2n) is 8.61. The van der Waals surface area contributed by atoms with E-state index in [2.05, 4.69) is 6.58 Å². The number of ether oxygens (including phenoxy) is 3. The Bertz CT molecular complexity index is 971.